The van der Waals surface area contributed by atoms with Crippen molar-refractivity contribution in [3.63, 3.8) is 0 Å². The highest BCUT2D eigenvalue weighted by Crippen LogP contribution is 2.24. The van der Waals surface area contributed by atoms with Gasteiger partial charge in [-0.2, -0.15) is 0 Å². The van der Waals surface area contributed by atoms with Crippen LogP contribution in [0.15, 0.2) is 30.6 Å². The standard InChI is InChI=1S/C13H16FN3/c1-9-5-4-6-10(11(9)14)12(15-2)13-16-7-8-17(13)3/h4-8,12,15H,1-3H3. The van der Waals surface area contributed by atoms with E-state index >= 15 is 0 Å². The fourth-order valence-electron chi connectivity index (χ4n) is 1.97. The van der Waals surface area contributed by atoms with Crippen LogP contribution in [0.3, 0.4) is 0 Å². The SMILES string of the molecule is CNC(c1cccc(C)c1F)c1nccn1C. The molecule has 0 aliphatic rings. The van der Waals surface area contributed by atoms with Crippen LogP contribution in [-0.2, 0) is 7.05 Å². The monoisotopic (exact) mass is 233 g/mol. The molecular formula is C13H16FN3. The van der Waals surface area contributed by atoms with Crippen molar-refractivity contribution in [1.29, 1.82) is 0 Å². The zero-order valence-corrected chi connectivity index (χ0v) is 10.2. The maximum atomic E-state index is 14.1. The molecule has 0 aliphatic carbocycles. The van der Waals surface area contributed by atoms with E-state index in [-0.39, 0.29) is 11.9 Å². The van der Waals surface area contributed by atoms with Crippen molar-refractivity contribution in [3.05, 3.63) is 53.4 Å². The van der Waals surface area contributed by atoms with Crippen LogP contribution in [0.5, 0.6) is 0 Å². The highest BCUT2D eigenvalue weighted by molar-refractivity contribution is 5.31. The third-order valence-electron chi connectivity index (χ3n) is 2.94. The largest absolute Gasteiger partial charge is 0.336 e. The van der Waals surface area contributed by atoms with Gasteiger partial charge in [0.15, 0.2) is 0 Å². The van der Waals surface area contributed by atoms with E-state index in [1.165, 1.54) is 0 Å². The second-order valence-corrected chi connectivity index (χ2v) is 4.10. The number of nitrogens with zero attached hydrogens (tertiary/aromatic N) is 2. The van der Waals surface area contributed by atoms with Crippen LogP contribution in [-0.4, -0.2) is 16.6 Å². The van der Waals surface area contributed by atoms with Crippen LogP contribution in [0.25, 0.3) is 0 Å². The molecule has 0 amide bonds. The Morgan fingerprint density at radius 2 is 2.18 bits per heavy atom. The van der Waals surface area contributed by atoms with Crippen molar-refractivity contribution in [2.24, 2.45) is 7.05 Å². The molecule has 90 valence electrons. The Morgan fingerprint density at radius 1 is 1.41 bits per heavy atom. The molecule has 0 fully saturated rings. The molecule has 0 spiro atoms. The van der Waals surface area contributed by atoms with Gasteiger partial charge in [-0.1, -0.05) is 18.2 Å². The lowest BCUT2D eigenvalue weighted by Crippen LogP contribution is -2.22. The summed E-state index contributed by atoms with van der Waals surface area (Å²) in [6.07, 6.45) is 3.57. The van der Waals surface area contributed by atoms with Gasteiger partial charge in [-0.3, -0.25) is 0 Å². The van der Waals surface area contributed by atoms with Crippen LogP contribution < -0.4 is 5.32 Å². The highest BCUT2D eigenvalue weighted by atomic mass is 19.1. The van der Waals surface area contributed by atoms with Crippen molar-refractivity contribution in [1.82, 2.24) is 14.9 Å². The molecule has 1 unspecified atom stereocenters. The zero-order valence-electron chi connectivity index (χ0n) is 10.2. The Balaban J connectivity index is 2.50. The van der Waals surface area contributed by atoms with Gasteiger partial charge in [-0.25, -0.2) is 9.37 Å². The molecule has 3 nitrogen and oxygen atoms in total. The zero-order chi connectivity index (χ0) is 12.4. The van der Waals surface area contributed by atoms with Crippen molar-refractivity contribution in [3.8, 4) is 0 Å². The van der Waals surface area contributed by atoms with Gasteiger partial charge < -0.3 is 9.88 Å². The summed E-state index contributed by atoms with van der Waals surface area (Å²) in [4.78, 5) is 4.27. The van der Waals surface area contributed by atoms with Gasteiger partial charge >= 0.3 is 0 Å². The number of aromatic nitrogens is 2. The maximum absolute atomic E-state index is 14.1. The molecule has 1 aromatic carbocycles. The van der Waals surface area contributed by atoms with E-state index in [0.29, 0.717) is 11.1 Å². The molecule has 0 saturated carbocycles. The average Bonchev–Trinajstić information content (AvgIpc) is 2.72. The van der Waals surface area contributed by atoms with Gasteiger partial charge in [0.2, 0.25) is 0 Å². The Morgan fingerprint density at radius 3 is 2.76 bits per heavy atom. The topological polar surface area (TPSA) is 29.9 Å². The summed E-state index contributed by atoms with van der Waals surface area (Å²) in [5, 5.41) is 3.11. The van der Waals surface area contributed by atoms with E-state index in [2.05, 4.69) is 10.3 Å². The normalized spacial score (nSPS) is 12.7. The lowest BCUT2D eigenvalue weighted by molar-refractivity contribution is 0.548. The number of hydrogen-bond donors (Lipinski definition) is 1. The molecular weight excluding hydrogens is 217 g/mol. The van der Waals surface area contributed by atoms with Crippen LogP contribution in [0, 0.1) is 12.7 Å². The Hall–Kier alpha value is -1.68. The molecule has 0 bridgehead atoms. The number of benzene rings is 1. The number of nitrogens with one attached hydrogen (secondary N) is 1. The Labute approximate surface area is 100 Å². The summed E-state index contributed by atoms with van der Waals surface area (Å²) in [7, 11) is 3.71. The van der Waals surface area contributed by atoms with E-state index < -0.39 is 0 Å². The van der Waals surface area contributed by atoms with Crippen LogP contribution in [0.2, 0.25) is 0 Å². The molecule has 1 atom stereocenters. The predicted octanol–water partition coefficient (Wildman–Crippen LogP) is 2.18. The van der Waals surface area contributed by atoms with Gasteiger partial charge in [-0.15, -0.1) is 0 Å². The Bertz CT molecular complexity index is 519. The van der Waals surface area contributed by atoms with Gasteiger partial charge in [-0.05, 0) is 19.5 Å². The lowest BCUT2D eigenvalue weighted by atomic mass is 10.0. The number of hydrogen-bond acceptors (Lipinski definition) is 2. The van der Waals surface area contributed by atoms with E-state index in [4.69, 9.17) is 0 Å². The molecule has 4 heteroatoms. The van der Waals surface area contributed by atoms with Gasteiger partial charge in [0, 0.05) is 25.0 Å². The smallest absolute Gasteiger partial charge is 0.131 e. The maximum Gasteiger partial charge on any atom is 0.131 e. The fraction of sp³-hybridized carbons (Fsp3) is 0.308. The summed E-state index contributed by atoms with van der Waals surface area (Å²) in [5.41, 5.74) is 1.28. The summed E-state index contributed by atoms with van der Waals surface area (Å²) in [6, 6.07) is 5.19. The van der Waals surface area contributed by atoms with Crippen molar-refractivity contribution < 1.29 is 4.39 Å². The first-order valence-electron chi connectivity index (χ1n) is 5.54. The molecule has 2 rings (SSSR count). The predicted molar refractivity (Wildman–Crippen MR) is 65.2 cm³/mol. The molecule has 1 heterocycles. The van der Waals surface area contributed by atoms with Crippen LogP contribution >= 0.6 is 0 Å². The van der Waals surface area contributed by atoms with Gasteiger partial charge in [0.05, 0.1) is 6.04 Å². The quantitative estimate of drug-likeness (QED) is 0.880. The molecule has 1 aromatic heterocycles. The summed E-state index contributed by atoms with van der Waals surface area (Å²) >= 11 is 0. The van der Waals surface area contributed by atoms with Crippen molar-refractivity contribution >= 4 is 0 Å². The summed E-state index contributed by atoms with van der Waals surface area (Å²) < 4.78 is 16.0. The second kappa shape index (κ2) is 4.67. The van der Waals surface area contributed by atoms with E-state index in [1.807, 2.05) is 23.9 Å². The minimum absolute atomic E-state index is 0.171. The number of halogens is 1. The van der Waals surface area contributed by atoms with Crippen molar-refractivity contribution in [2.45, 2.75) is 13.0 Å². The first kappa shape index (κ1) is 11.8. The van der Waals surface area contributed by atoms with E-state index in [9.17, 15) is 4.39 Å². The molecule has 0 radical (unpaired) electrons. The second-order valence-electron chi connectivity index (χ2n) is 4.10. The molecule has 0 aliphatic heterocycles. The van der Waals surface area contributed by atoms with Gasteiger partial charge in [0.25, 0.3) is 0 Å². The van der Waals surface area contributed by atoms with E-state index in [0.717, 1.165) is 5.82 Å². The minimum atomic E-state index is -0.227. The summed E-state index contributed by atoms with van der Waals surface area (Å²) in [5.74, 6) is 0.631. The number of aryl methyl sites for hydroxylation is 2. The van der Waals surface area contributed by atoms with Crippen LogP contribution in [0.1, 0.15) is 23.0 Å². The molecule has 1 N–H and O–H groups in total. The minimum Gasteiger partial charge on any atom is -0.336 e. The molecule has 0 saturated heterocycles. The lowest BCUT2D eigenvalue weighted by Gasteiger charge is -2.17. The average molecular weight is 233 g/mol. The number of rotatable bonds is 3. The number of imidazole rings is 1. The van der Waals surface area contributed by atoms with Gasteiger partial charge in [0.1, 0.15) is 11.6 Å². The summed E-state index contributed by atoms with van der Waals surface area (Å²) in [6.45, 7) is 1.77. The third-order valence-corrected chi connectivity index (χ3v) is 2.94. The van der Waals surface area contributed by atoms with Crippen LogP contribution in [0.4, 0.5) is 4.39 Å². The first-order chi connectivity index (χ1) is 8.15. The molecule has 17 heavy (non-hydrogen) atoms. The van der Waals surface area contributed by atoms with E-state index in [1.54, 1.807) is 32.3 Å². The first-order valence-corrected chi connectivity index (χ1v) is 5.54. The molecule has 2 aromatic rings. The highest BCUT2D eigenvalue weighted by Gasteiger charge is 2.20. The third kappa shape index (κ3) is 2.08. The fourth-order valence-corrected chi connectivity index (χ4v) is 1.97. The Kier molecular flexibility index (Phi) is 3.24. The van der Waals surface area contributed by atoms with Crippen molar-refractivity contribution in [2.75, 3.05) is 7.05 Å².